The van der Waals surface area contributed by atoms with Gasteiger partial charge in [-0.05, 0) is 42.5 Å². The van der Waals surface area contributed by atoms with Crippen molar-refractivity contribution in [2.45, 2.75) is 0 Å². The lowest BCUT2D eigenvalue weighted by Crippen LogP contribution is -2.43. The minimum atomic E-state index is -0.356. The first-order chi connectivity index (χ1) is 15.6. The lowest BCUT2D eigenvalue weighted by Gasteiger charge is -2.29. The molecule has 0 radical (unpaired) electrons. The van der Waals surface area contributed by atoms with E-state index in [-0.39, 0.29) is 37.5 Å². The molecule has 1 aliphatic rings. The van der Waals surface area contributed by atoms with Crippen LogP contribution in [-0.2, 0) is 14.4 Å². The van der Waals surface area contributed by atoms with E-state index >= 15 is 0 Å². The molecule has 1 aliphatic heterocycles. The number of rotatable bonds is 7. The Balaban J connectivity index is 1.43. The van der Waals surface area contributed by atoms with Crippen LogP contribution in [0.25, 0.3) is 0 Å². The molecular formula is C24H21N3O5. The van der Waals surface area contributed by atoms with Crippen molar-refractivity contribution in [2.75, 3.05) is 35.3 Å². The van der Waals surface area contributed by atoms with Crippen molar-refractivity contribution in [1.29, 1.82) is 0 Å². The third-order valence-electron chi connectivity index (χ3n) is 4.66. The number of anilines is 3. The summed E-state index contributed by atoms with van der Waals surface area (Å²) in [4.78, 5) is 38.5. The maximum absolute atomic E-state index is 12.5. The number of hydrogen-bond acceptors (Lipinski definition) is 5. The number of benzene rings is 3. The Kier molecular flexibility index (Phi) is 6.31. The lowest BCUT2D eigenvalue weighted by molar-refractivity contribution is -0.123. The topological polar surface area (TPSA) is 97.0 Å². The first-order valence-corrected chi connectivity index (χ1v) is 9.98. The van der Waals surface area contributed by atoms with Gasteiger partial charge in [0, 0.05) is 11.4 Å². The van der Waals surface area contributed by atoms with Crippen molar-refractivity contribution in [3.8, 4) is 11.5 Å². The highest BCUT2D eigenvalue weighted by Crippen LogP contribution is 2.34. The molecule has 0 bridgehead atoms. The first-order valence-electron chi connectivity index (χ1n) is 9.98. The summed E-state index contributed by atoms with van der Waals surface area (Å²) in [7, 11) is 0. The number of nitrogens with zero attached hydrogens (tertiary/aromatic N) is 1. The van der Waals surface area contributed by atoms with E-state index in [2.05, 4.69) is 10.6 Å². The summed E-state index contributed by atoms with van der Waals surface area (Å²) in [5.74, 6) is -0.0109. The number of carbonyl (C=O) groups is 3. The Hall–Kier alpha value is -4.33. The molecule has 3 aromatic rings. The minimum Gasteiger partial charge on any atom is -0.484 e. The highest BCUT2D eigenvalue weighted by molar-refractivity contribution is 6.05. The monoisotopic (exact) mass is 431 g/mol. The molecule has 0 saturated carbocycles. The largest absolute Gasteiger partial charge is 0.484 e. The molecule has 162 valence electrons. The zero-order chi connectivity index (χ0) is 22.3. The molecule has 0 fully saturated rings. The predicted molar refractivity (Wildman–Crippen MR) is 120 cm³/mol. The van der Waals surface area contributed by atoms with E-state index < -0.39 is 0 Å². The zero-order valence-electron chi connectivity index (χ0n) is 17.1. The molecule has 32 heavy (non-hydrogen) atoms. The van der Waals surface area contributed by atoms with Crippen molar-refractivity contribution in [3.63, 3.8) is 0 Å². The van der Waals surface area contributed by atoms with Crippen LogP contribution in [-0.4, -0.2) is 37.5 Å². The van der Waals surface area contributed by atoms with E-state index in [9.17, 15) is 14.4 Å². The van der Waals surface area contributed by atoms with Crippen molar-refractivity contribution in [2.24, 2.45) is 0 Å². The Bertz CT molecular complexity index is 1120. The fraction of sp³-hybridized carbons (Fsp3) is 0.125. The van der Waals surface area contributed by atoms with Gasteiger partial charge in [0.1, 0.15) is 18.0 Å². The second kappa shape index (κ2) is 9.65. The van der Waals surface area contributed by atoms with Crippen molar-refractivity contribution < 1.29 is 23.9 Å². The maximum atomic E-state index is 12.5. The van der Waals surface area contributed by atoms with Crippen LogP contribution in [0.1, 0.15) is 0 Å². The molecule has 0 saturated heterocycles. The quantitative estimate of drug-likeness (QED) is 0.599. The molecule has 0 aromatic heterocycles. The van der Waals surface area contributed by atoms with E-state index in [1.165, 1.54) is 4.90 Å². The second-order valence-electron chi connectivity index (χ2n) is 7.02. The van der Waals surface area contributed by atoms with Crippen LogP contribution in [0.3, 0.4) is 0 Å². The van der Waals surface area contributed by atoms with Gasteiger partial charge in [0.25, 0.3) is 11.8 Å². The van der Waals surface area contributed by atoms with Crippen LogP contribution < -0.4 is 25.0 Å². The van der Waals surface area contributed by atoms with Gasteiger partial charge in [0.2, 0.25) is 5.91 Å². The van der Waals surface area contributed by atoms with Crippen LogP contribution in [0, 0.1) is 0 Å². The Morgan fingerprint density at radius 3 is 2.31 bits per heavy atom. The van der Waals surface area contributed by atoms with Crippen LogP contribution in [0.4, 0.5) is 17.1 Å². The Morgan fingerprint density at radius 1 is 0.875 bits per heavy atom. The first kappa shape index (κ1) is 20.9. The number of hydrogen-bond donors (Lipinski definition) is 2. The van der Waals surface area contributed by atoms with Gasteiger partial charge >= 0.3 is 0 Å². The van der Waals surface area contributed by atoms with E-state index in [1.807, 2.05) is 24.3 Å². The maximum Gasteiger partial charge on any atom is 0.265 e. The van der Waals surface area contributed by atoms with Crippen LogP contribution in [0.15, 0.2) is 78.9 Å². The SMILES string of the molecule is O=C(COc1ccccc1)Nc1ccc2c(c1)N(CC(=O)Nc1ccccc1)C(=O)CO2. The normalized spacial score (nSPS) is 12.4. The Labute approximate surface area is 184 Å². The number of carbonyl (C=O) groups excluding carboxylic acids is 3. The standard InChI is InChI=1S/C24H21N3O5/c28-22(25-17-7-3-1-4-8-17)14-27-20-13-18(11-12-21(20)32-16-24(27)30)26-23(29)15-31-19-9-5-2-6-10-19/h1-13H,14-16H2,(H,25,28)(H,26,29). The molecule has 8 heteroatoms. The summed E-state index contributed by atoms with van der Waals surface area (Å²) in [6, 6.07) is 22.9. The van der Waals surface area contributed by atoms with Crippen molar-refractivity contribution >= 4 is 34.8 Å². The lowest BCUT2D eigenvalue weighted by atomic mass is 10.2. The van der Waals surface area contributed by atoms with E-state index in [4.69, 9.17) is 9.47 Å². The molecule has 1 heterocycles. The fourth-order valence-corrected chi connectivity index (χ4v) is 3.18. The van der Waals surface area contributed by atoms with E-state index in [0.29, 0.717) is 28.6 Å². The molecule has 3 amide bonds. The smallest absolute Gasteiger partial charge is 0.265 e. The molecule has 0 unspecified atom stereocenters. The van der Waals surface area contributed by atoms with Gasteiger partial charge in [-0.3, -0.25) is 19.3 Å². The fourth-order valence-electron chi connectivity index (χ4n) is 3.18. The molecule has 0 aliphatic carbocycles. The van der Waals surface area contributed by atoms with Gasteiger partial charge < -0.3 is 20.1 Å². The highest BCUT2D eigenvalue weighted by atomic mass is 16.5. The Morgan fingerprint density at radius 2 is 1.56 bits per heavy atom. The molecule has 8 nitrogen and oxygen atoms in total. The highest BCUT2D eigenvalue weighted by Gasteiger charge is 2.28. The van der Waals surface area contributed by atoms with E-state index in [0.717, 1.165) is 0 Å². The van der Waals surface area contributed by atoms with Crippen molar-refractivity contribution in [1.82, 2.24) is 0 Å². The van der Waals surface area contributed by atoms with Gasteiger partial charge in [-0.25, -0.2) is 0 Å². The number of nitrogens with one attached hydrogen (secondary N) is 2. The van der Waals surface area contributed by atoms with Crippen molar-refractivity contribution in [3.05, 3.63) is 78.9 Å². The average molecular weight is 431 g/mol. The minimum absolute atomic E-state index is 0.164. The summed E-state index contributed by atoms with van der Waals surface area (Å²) in [6.07, 6.45) is 0. The summed E-state index contributed by atoms with van der Waals surface area (Å²) >= 11 is 0. The summed E-state index contributed by atoms with van der Waals surface area (Å²) < 4.78 is 10.9. The molecule has 3 aromatic carbocycles. The molecule has 2 N–H and O–H groups in total. The zero-order valence-corrected chi connectivity index (χ0v) is 17.1. The molecule has 0 spiro atoms. The van der Waals surface area contributed by atoms with Crippen LogP contribution >= 0.6 is 0 Å². The van der Waals surface area contributed by atoms with Gasteiger partial charge in [0.05, 0.1) is 5.69 Å². The second-order valence-corrected chi connectivity index (χ2v) is 7.02. The van der Waals surface area contributed by atoms with Crippen LogP contribution in [0.2, 0.25) is 0 Å². The summed E-state index contributed by atoms with van der Waals surface area (Å²) in [5.41, 5.74) is 1.50. The predicted octanol–water partition coefficient (Wildman–Crippen LogP) is 3.07. The number of amides is 3. The molecule has 0 atom stereocenters. The van der Waals surface area contributed by atoms with Gasteiger partial charge in [-0.2, -0.15) is 0 Å². The third kappa shape index (κ3) is 5.23. The van der Waals surface area contributed by atoms with E-state index in [1.54, 1.807) is 54.6 Å². The van der Waals surface area contributed by atoms with Gasteiger partial charge in [-0.15, -0.1) is 0 Å². The van der Waals surface area contributed by atoms with Gasteiger partial charge in [0.15, 0.2) is 13.2 Å². The average Bonchev–Trinajstić information content (AvgIpc) is 2.81. The van der Waals surface area contributed by atoms with Crippen LogP contribution in [0.5, 0.6) is 11.5 Å². The van der Waals surface area contributed by atoms with Gasteiger partial charge in [-0.1, -0.05) is 36.4 Å². The third-order valence-corrected chi connectivity index (χ3v) is 4.66. The number of fused-ring (bicyclic) bond motifs is 1. The molecular weight excluding hydrogens is 410 g/mol. The number of para-hydroxylation sites is 2. The number of ether oxygens (including phenoxy) is 2. The summed E-state index contributed by atoms with van der Waals surface area (Å²) in [6.45, 7) is -0.513. The molecule has 4 rings (SSSR count). The summed E-state index contributed by atoms with van der Waals surface area (Å²) in [5, 5.41) is 5.49.